The lowest BCUT2D eigenvalue weighted by Crippen LogP contribution is -2.12. The summed E-state index contributed by atoms with van der Waals surface area (Å²) >= 11 is 3.68. The Morgan fingerprint density at radius 1 is 0.393 bits per heavy atom. The molecule has 0 amide bonds. The number of hydrogen-bond donors (Lipinski definition) is 0. The first-order valence-electron chi connectivity index (χ1n) is 20.6. The van der Waals surface area contributed by atoms with Gasteiger partial charge in [0.05, 0.1) is 0 Å². The summed E-state index contributed by atoms with van der Waals surface area (Å²) in [6.07, 6.45) is 0. The third-order valence-electron chi connectivity index (χ3n) is 11.7. The fourth-order valence-corrected chi connectivity index (χ4v) is 11.3. The number of fused-ring (bicyclic) bond motifs is 6. The summed E-state index contributed by atoms with van der Waals surface area (Å²) in [5.74, 6) is -0.431. The third-order valence-corrected chi connectivity index (χ3v) is 14.1. The van der Waals surface area contributed by atoms with Crippen molar-refractivity contribution in [3.05, 3.63) is 240 Å². The first-order chi connectivity index (χ1) is 30.1. The van der Waals surface area contributed by atoms with Crippen molar-refractivity contribution >= 4 is 97.1 Å². The van der Waals surface area contributed by atoms with E-state index in [0.29, 0.717) is 0 Å². The van der Waals surface area contributed by atoms with Crippen LogP contribution in [0.15, 0.2) is 212 Å². The zero-order valence-corrected chi connectivity index (χ0v) is 35.0. The van der Waals surface area contributed by atoms with E-state index in [1.54, 1.807) is 12.1 Å². The SMILES string of the molecule is Cc1cccc2c1sc1cc(N(c3ccccc3)c3cc(C(c4ccccc4)c4ccc(F)cc4)c4c(c3)sc3ccc(N(c5ccccc5)c5ccccc5)cc34)ccc12. The van der Waals surface area contributed by atoms with Gasteiger partial charge in [-0.1, -0.05) is 121 Å². The largest absolute Gasteiger partial charge is 0.310 e. The van der Waals surface area contributed by atoms with Crippen LogP contribution in [0.1, 0.15) is 28.2 Å². The monoisotopic (exact) mass is 822 g/mol. The fraction of sp³-hybridized carbons (Fsp3) is 0.0357. The quantitative estimate of drug-likeness (QED) is 0.134. The van der Waals surface area contributed by atoms with E-state index in [4.69, 9.17) is 0 Å². The Kier molecular flexibility index (Phi) is 9.41. The van der Waals surface area contributed by atoms with Crippen molar-refractivity contribution in [2.45, 2.75) is 12.8 Å². The van der Waals surface area contributed by atoms with Gasteiger partial charge >= 0.3 is 0 Å². The molecular formula is C56H39FN2S2. The maximum atomic E-state index is 14.7. The van der Waals surface area contributed by atoms with E-state index >= 15 is 0 Å². The molecule has 0 fully saturated rings. The normalized spacial score (nSPS) is 12.0. The van der Waals surface area contributed by atoms with E-state index in [9.17, 15) is 4.39 Å². The molecule has 1 unspecified atom stereocenters. The molecule has 1 atom stereocenters. The molecule has 11 aromatic rings. The Balaban J connectivity index is 1.19. The topological polar surface area (TPSA) is 6.48 Å². The van der Waals surface area contributed by atoms with Gasteiger partial charge in [0.2, 0.25) is 0 Å². The Labute approximate surface area is 362 Å². The highest BCUT2D eigenvalue weighted by atomic mass is 32.1. The van der Waals surface area contributed by atoms with Crippen LogP contribution in [0.2, 0.25) is 0 Å². The number of rotatable bonds is 9. The van der Waals surface area contributed by atoms with Crippen molar-refractivity contribution in [3.63, 3.8) is 0 Å². The number of aryl methyl sites for hydroxylation is 1. The van der Waals surface area contributed by atoms with E-state index < -0.39 is 0 Å². The lowest BCUT2D eigenvalue weighted by atomic mass is 9.82. The summed E-state index contributed by atoms with van der Waals surface area (Å²) in [6, 6.07) is 74.7. The lowest BCUT2D eigenvalue weighted by molar-refractivity contribution is 0.627. The molecule has 292 valence electrons. The zero-order chi connectivity index (χ0) is 40.9. The predicted octanol–water partition coefficient (Wildman–Crippen LogP) is 17.0. The second-order valence-electron chi connectivity index (χ2n) is 15.5. The summed E-state index contributed by atoms with van der Waals surface area (Å²) in [5, 5.41) is 4.97. The molecule has 0 aliphatic carbocycles. The maximum absolute atomic E-state index is 14.7. The zero-order valence-electron chi connectivity index (χ0n) is 33.4. The molecule has 0 saturated carbocycles. The van der Waals surface area contributed by atoms with E-state index in [0.717, 1.165) is 45.3 Å². The minimum atomic E-state index is -0.246. The van der Waals surface area contributed by atoms with E-state index in [2.05, 4.69) is 205 Å². The van der Waals surface area contributed by atoms with Crippen molar-refractivity contribution in [2.24, 2.45) is 0 Å². The molecule has 5 heteroatoms. The molecule has 0 aliphatic rings. The minimum Gasteiger partial charge on any atom is -0.310 e. The number of hydrogen-bond acceptors (Lipinski definition) is 4. The number of thiophene rings is 2. The van der Waals surface area contributed by atoms with Gasteiger partial charge in [-0.2, -0.15) is 0 Å². The van der Waals surface area contributed by atoms with Crippen molar-refractivity contribution in [1.82, 2.24) is 0 Å². The molecule has 0 aliphatic heterocycles. The summed E-state index contributed by atoms with van der Waals surface area (Å²) in [4.78, 5) is 4.73. The molecule has 0 bridgehead atoms. The molecule has 0 N–H and O–H groups in total. The molecule has 9 aromatic carbocycles. The predicted molar refractivity (Wildman–Crippen MR) is 260 cm³/mol. The molecule has 2 aromatic heterocycles. The number of benzene rings is 9. The molecule has 11 rings (SSSR count). The van der Waals surface area contributed by atoms with Gasteiger partial charge < -0.3 is 9.80 Å². The fourth-order valence-electron chi connectivity index (χ4n) is 8.95. The number of para-hydroxylation sites is 3. The van der Waals surface area contributed by atoms with Crippen LogP contribution in [0.5, 0.6) is 0 Å². The first-order valence-corrected chi connectivity index (χ1v) is 22.2. The highest BCUT2D eigenvalue weighted by Gasteiger charge is 2.26. The smallest absolute Gasteiger partial charge is 0.123 e. The lowest BCUT2D eigenvalue weighted by Gasteiger charge is -2.28. The van der Waals surface area contributed by atoms with Gasteiger partial charge in [0.1, 0.15) is 5.82 Å². The second kappa shape index (κ2) is 15.5. The number of anilines is 6. The Morgan fingerprint density at radius 3 is 1.61 bits per heavy atom. The maximum Gasteiger partial charge on any atom is 0.123 e. The standard InChI is InChI=1S/C56H39FN2S2/c1-37-15-14-24-48-47-31-29-45(35-52(47)61-56(37)48)59(43-22-12-5-13-23-43)46-34-50(54(38-16-6-2-7-17-38)39-25-27-40(57)28-26-39)55-49-33-44(30-32-51(49)60-53(55)36-46)58(41-18-8-3-9-19-41)42-20-10-4-11-21-42/h2-36,54H,1H3. The average Bonchev–Trinajstić information content (AvgIpc) is 3.87. The highest BCUT2D eigenvalue weighted by molar-refractivity contribution is 7.26. The van der Waals surface area contributed by atoms with Crippen LogP contribution in [0.4, 0.5) is 38.5 Å². The van der Waals surface area contributed by atoms with Crippen molar-refractivity contribution < 1.29 is 4.39 Å². The van der Waals surface area contributed by atoms with E-state index in [-0.39, 0.29) is 11.7 Å². The molecule has 0 spiro atoms. The molecule has 2 nitrogen and oxygen atoms in total. The van der Waals surface area contributed by atoms with Gasteiger partial charge in [-0.3, -0.25) is 0 Å². The summed E-state index contributed by atoms with van der Waals surface area (Å²) < 4.78 is 19.7. The van der Waals surface area contributed by atoms with E-state index in [1.165, 1.54) is 51.5 Å². The molecular weight excluding hydrogens is 784 g/mol. The summed E-state index contributed by atoms with van der Waals surface area (Å²) in [7, 11) is 0. The van der Waals surface area contributed by atoms with Crippen LogP contribution in [-0.2, 0) is 0 Å². The van der Waals surface area contributed by atoms with Gasteiger partial charge in [0.25, 0.3) is 0 Å². The first kappa shape index (κ1) is 37.0. The van der Waals surface area contributed by atoms with Crippen LogP contribution in [0.3, 0.4) is 0 Å². The van der Waals surface area contributed by atoms with E-state index in [1.807, 2.05) is 34.8 Å². The summed E-state index contributed by atoms with van der Waals surface area (Å²) in [5.41, 5.74) is 11.1. The molecule has 61 heavy (non-hydrogen) atoms. The Bertz CT molecular complexity index is 3290. The Hall–Kier alpha value is -7.05. The van der Waals surface area contributed by atoms with Gasteiger partial charge in [0, 0.05) is 80.4 Å². The third kappa shape index (κ3) is 6.73. The van der Waals surface area contributed by atoms with Crippen molar-refractivity contribution in [1.29, 1.82) is 0 Å². The Morgan fingerprint density at radius 2 is 0.951 bits per heavy atom. The van der Waals surface area contributed by atoms with Crippen LogP contribution in [0.25, 0.3) is 40.3 Å². The average molecular weight is 823 g/mol. The van der Waals surface area contributed by atoms with Crippen LogP contribution in [0, 0.1) is 12.7 Å². The van der Waals surface area contributed by atoms with Crippen LogP contribution in [-0.4, -0.2) is 0 Å². The van der Waals surface area contributed by atoms with Crippen LogP contribution >= 0.6 is 22.7 Å². The molecule has 2 heterocycles. The van der Waals surface area contributed by atoms with Gasteiger partial charge in [-0.25, -0.2) is 4.39 Å². The summed E-state index contributed by atoms with van der Waals surface area (Å²) in [6.45, 7) is 2.20. The van der Waals surface area contributed by atoms with Crippen LogP contribution < -0.4 is 9.80 Å². The number of nitrogens with zero attached hydrogens (tertiary/aromatic N) is 2. The molecule has 0 saturated heterocycles. The van der Waals surface area contributed by atoms with Crippen molar-refractivity contribution in [3.8, 4) is 0 Å². The number of halogens is 1. The highest BCUT2D eigenvalue weighted by Crippen LogP contribution is 2.49. The second-order valence-corrected chi connectivity index (χ2v) is 17.6. The van der Waals surface area contributed by atoms with Gasteiger partial charge in [-0.05, 0) is 120 Å². The molecule has 0 radical (unpaired) electrons. The minimum absolute atomic E-state index is 0.185. The van der Waals surface area contributed by atoms with Crippen molar-refractivity contribution in [2.75, 3.05) is 9.80 Å². The van der Waals surface area contributed by atoms with Gasteiger partial charge in [-0.15, -0.1) is 22.7 Å². The van der Waals surface area contributed by atoms with Gasteiger partial charge in [0.15, 0.2) is 0 Å².